The van der Waals surface area contributed by atoms with Crippen LogP contribution in [0.2, 0.25) is 0 Å². The monoisotopic (exact) mass is 406 g/mol. The Bertz CT molecular complexity index is 517. The summed E-state index contributed by atoms with van der Waals surface area (Å²) in [6, 6.07) is -3.12. The second-order valence-electron chi connectivity index (χ2n) is 3.39. The topological polar surface area (TPSA) is 235 Å². The van der Waals surface area contributed by atoms with Crippen LogP contribution in [-0.2, 0) is 29.8 Å². The number of carboxylic acids is 2. The third kappa shape index (κ3) is 27.2. The zero-order chi connectivity index (χ0) is 18.7. The Morgan fingerprint density at radius 2 is 1.04 bits per heavy atom. The van der Waals surface area contributed by atoms with Gasteiger partial charge in [0.1, 0.15) is 23.6 Å². The van der Waals surface area contributed by atoms with Gasteiger partial charge in [-0.2, -0.15) is 16.8 Å². The van der Waals surface area contributed by atoms with Crippen LogP contribution in [-0.4, -0.2) is 71.7 Å². The van der Waals surface area contributed by atoms with E-state index in [1.165, 1.54) is 0 Å². The second-order valence-corrected chi connectivity index (χ2v) is 6.38. The fraction of sp³-hybridized carbons (Fsp3) is 0.500. The van der Waals surface area contributed by atoms with Gasteiger partial charge in [-0.1, -0.05) is 0 Å². The van der Waals surface area contributed by atoms with Crippen molar-refractivity contribution in [1.82, 2.24) is 0 Å². The number of nitrogens with two attached hydrogens (primary N) is 2. The van der Waals surface area contributed by atoms with E-state index >= 15 is 0 Å². The molecule has 0 aliphatic heterocycles. The van der Waals surface area contributed by atoms with E-state index in [0.29, 0.717) is 0 Å². The van der Waals surface area contributed by atoms with E-state index in [1.807, 2.05) is 0 Å². The molecule has 0 saturated carbocycles. The summed E-state index contributed by atoms with van der Waals surface area (Å²) in [7, 11) is -8.55. The van der Waals surface area contributed by atoms with Crippen molar-refractivity contribution in [3.05, 3.63) is 13.2 Å². The van der Waals surface area contributed by atoms with Crippen LogP contribution < -0.4 is 62.9 Å². The molecule has 0 heterocycles. The van der Waals surface area contributed by atoms with E-state index in [2.05, 4.69) is 13.2 Å². The van der Waals surface area contributed by atoms with Gasteiger partial charge < -0.3 is 23.1 Å². The van der Waals surface area contributed by atoms with Gasteiger partial charge in [0.25, 0.3) is 20.2 Å². The third-order valence-corrected chi connectivity index (χ3v) is 2.98. The van der Waals surface area contributed by atoms with Crippen LogP contribution in [0.3, 0.4) is 0 Å². The summed E-state index contributed by atoms with van der Waals surface area (Å²) in [5, 5.41) is 16.1. The first-order valence-corrected chi connectivity index (χ1v) is 8.24. The molecule has 0 spiro atoms. The molecule has 0 bridgehead atoms. The molecule has 23 heavy (non-hydrogen) atoms. The first-order chi connectivity index (χ1) is 9.65. The Morgan fingerprint density at radius 1 is 0.870 bits per heavy atom. The van der Waals surface area contributed by atoms with Crippen LogP contribution in [0.5, 0.6) is 0 Å². The fourth-order valence-corrected chi connectivity index (χ4v) is 1.79. The molecule has 0 fully saturated rings. The quantitative estimate of drug-likeness (QED) is 0.138. The molecule has 0 radical (unpaired) electrons. The minimum Gasteiger partial charge on any atom is -1.00 e. The average molecular weight is 406 g/mol. The molecule has 2 atom stereocenters. The normalized spacial score (nSPS) is 12.9. The van der Waals surface area contributed by atoms with Gasteiger partial charge in [0.15, 0.2) is 0 Å². The fourth-order valence-electron chi connectivity index (χ4n) is 0.596. The molecule has 0 aliphatic carbocycles. The van der Waals surface area contributed by atoms with Crippen molar-refractivity contribution in [3.8, 4) is 0 Å². The molecule has 0 rings (SSSR count). The van der Waals surface area contributed by atoms with Crippen LogP contribution in [0.1, 0.15) is 1.43 Å². The molecule has 0 amide bonds. The standard InChI is InChI=1S/2C3H7NO5S.C2H4.K.H/c2*4-2(3(5)6)1-10(7,8)9;1-2;;/h2*2H,1,4H2,(H,5,6)(H,7,8,9);1-2H2;;/q;;;+1;-1. The zero-order valence-electron chi connectivity index (χ0n) is 13.2. The Labute approximate surface area is 177 Å². The molecule has 12 nitrogen and oxygen atoms in total. The Hall–Kier alpha value is 0.0564. The summed E-state index contributed by atoms with van der Waals surface area (Å²) in [5.41, 5.74) is 9.53. The van der Waals surface area contributed by atoms with Crippen LogP contribution in [0.4, 0.5) is 0 Å². The molecule has 134 valence electrons. The SMILES string of the molecule is C=C.NC(CS(=O)(=O)O)C(=O)O.NC(CS(=O)(=O)O)C(=O)O.[H-].[K+]. The number of hydrogen-bond donors (Lipinski definition) is 6. The van der Waals surface area contributed by atoms with Gasteiger partial charge in [0, 0.05) is 0 Å². The Balaban J connectivity index is -0.0000000843. The van der Waals surface area contributed by atoms with Crippen molar-refractivity contribution >= 4 is 32.2 Å². The maximum absolute atomic E-state index is 9.96. The van der Waals surface area contributed by atoms with E-state index in [1.54, 1.807) is 0 Å². The van der Waals surface area contributed by atoms with Crippen LogP contribution >= 0.6 is 0 Å². The summed E-state index contributed by atoms with van der Waals surface area (Å²) < 4.78 is 56.0. The van der Waals surface area contributed by atoms with Crippen molar-refractivity contribution in [1.29, 1.82) is 0 Å². The van der Waals surface area contributed by atoms with Crippen LogP contribution in [0.15, 0.2) is 13.2 Å². The molecule has 0 aliphatic rings. The predicted octanol–water partition coefficient (Wildman–Crippen LogP) is -5.51. The minimum absolute atomic E-state index is 0. The van der Waals surface area contributed by atoms with Gasteiger partial charge in [0.05, 0.1) is 0 Å². The molecular formula is C8H19KN2O10S2. The van der Waals surface area contributed by atoms with E-state index < -0.39 is 55.8 Å². The molecule has 8 N–H and O–H groups in total. The van der Waals surface area contributed by atoms with E-state index in [0.717, 1.165) is 0 Å². The van der Waals surface area contributed by atoms with Crippen molar-refractivity contribution < 1.29 is 98.6 Å². The van der Waals surface area contributed by atoms with E-state index in [9.17, 15) is 26.4 Å². The van der Waals surface area contributed by atoms with Gasteiger partial charge in [-0.15, -0.1) is 13.2 Å². The molecule has 0 aromatic carbocycles. The number of carbonyl (C=O) groups is 2. The number of aliphatic carboxylic acids is 2. The minimum atomic E-state index is -4.27. The summed E-state index contributed by atoms with van der Waals surface area (Å²) in [6.07, 6.45) is 0. The zero-order valence-corrected chi connectivity index (χ0v) is 16.9. The van der Waals surface area contributed by atoms with Crippen molar-refractivity contribution in [2.75, 3.05) is 11.5 Å². The van der Waals surface area contributed by atoms with Gasteiger partial charge in [-0.3, -0.25) is 18.7 Å². The molecule has 2 unspecified atom stereocenters. The molecule has 0 saturated heterocycles. The molecular weight excluding hydrogens is 387 g/mol. The van der Waals surface area contributed by atoms with Gasteiger partial charge >= 0.3 is 63.3 Å². The van der Waals surface area contributed by atoms with Gasteiger partial charge in [-0.05, 0) is 0 Å². The first-order valence-electron chi connectivity index (χ1n) is 5.03. The predicted molar refractivity (Wildman–Crippen MR) is 76.4 cm³/mol. The number of carboxylic acid groups (broad SMARTS) is 2. The largest absolute Gasteiger partial charge is 1.00 e. The molecule has 15 heteroatoms. The first kappa shape index (κ1) is 30.9. The Morgan fingerprint density at radius 3 is 1.09 bits per heavy atom. The maximum Gasteiger partial charge on any atom is 1.00 e. The number of hydrogen-bond acceptors (Lipinski definition) is 8. The van der Waals surface area contributed by atoms with E-state index in [4.69, 9.17) is 30.8 Å². The summed E-state index contributed by atoms with van der Waals surface area (Å²) in [6.45, 7) is 6.00. The van der Waals surface area contributed by atoms with Gasteiger partial charge in [-0.25, -0.2) is 0 Å². The average Bonchev–Trinajstić information content (AvgIpc) is 2.27. The van der Waals surface area contributed by atoms with Crippen molar-refractivity contribution in [2.24, 2.45) is 11.5 Å². The van der Waals surface area contributed by atoms with Crippen molar-refractivity contribution in [2.45, 2.75) is 12.1 Å². The smallest absolute Gasteiger partial charge is 1.00 e. The summed E-state index contributed by atoms with van der Waals surface area (Å²) in [4.78, 5) is 19.8. The maximum atomic E-state index is 9.96. The van der Waals surface area contributed by atoms with Gasteiger partial charge in [0.2, 0.25) is 0 Å². The Kier molecular flexibility index (Phi) is 19.3. The summed E-state index contributed by atoms with van der Waals surface area (Å²) >= 11 is 0. The number of rotatable bonds is 6. The van der Waals surface area contributed by atoms with Crippen molar-refractivity contribution in [3.63, 3.8) is 0 Å². The van der Waals surface area contributed by atoms with E-state index in [-0.39, 0.29) is 52.8 Å². The van der Waals surface area contributed by atoms with Crippen LogP contribution in [0.25, 0.3) is 0 Å². The second kappa shape index (κ2) is 14.4. The molecule has 0 aromatic heterocycles. The molecule has 0 aromatic rings. The van der Waals surface area contributed by atoms with Crippen LogP contribution in [0, 0.1) is 0 Å². The third-order valence-electron chi connectivity index (χ3n) is 1.41. The summed E-state index contributed by atoms with van der Waals surface area (Å²) in [5.74, 6) is -4.83.